The lowest BCUT2D eigenvalue weighted by atomic mass is 9.92. The van der Waals surface area contributed by atoms with Crippen LogP contribution >= 0.6 is 0 Å². The Bertz CT molecular complexity index is 275. The lowest BCUT2D eigenvalue weighted by molar-refractivity contribution is 0.376. The van der Waals surface area contributed by atoms with Gasteiger partial charge >= 0.3 is 0 Å². The van der Waals surface area contributed by atoms with E-state index in [0.29, 0.717) is 5.75 Å². The molecule has 14 heavy (non-hydrogen) atoms. The SMILES string of the molecule is Oc1ccc(CC2CCCNC2)cc1. The fourth-order valence-electron chi connectivity index (χ4n) is 2.06. The molecule has 0 amide bonds. The van der Waals surface area contributed by atoms with E-state index in [4.69, 9.17) is 5.11 Å². The first-order valence-corrected chi connectivity index (χ1v) is 5.33. The molecule has 1 aromatic rings. The van der Waals surface area contributed by atoms with E-state index in [0.717, 1.165) is 18.9 Å². The minimum Gasteiger partial charge on any atom is -0.508 e. The molecule has 0 aliphatic carbocycles. The smallest absolute Gasteiger partial charge is 0.115 e. The molecule has 0 spiro atoms. The molecule has 76 valence electrons. The van der Waals surface area contributed by atoms with Gasteiger partial charge in [-0.3, -0.25) is 0 Å². The van der Waals surface area contributed by atoms with Crippen LogP contribution in [0.25, 0.3) is 0 Å². The first-order chi connectivity index (χ1) is 6.84. The Morgan fingerprint density at radius 1 is 1.29 bits per heavy atom. The van der Waals surface area contributed by atoms with Crippen LogP contribution in [-0.2, 0) is 6.42 Å². The summed E-state index contributed by atoms with van der Waals surface area (Å²) in [5, 5.41) is 12.6. The van der Waals surface area contributed by atoms with Gasteiger partial charge in [0.2, 0.25) is 0 Å². The Kier molecular flexibility index (Phi) is 3.04. The highest BCUT2D eigenvalue weighted by Gasteiger charge is 2.12. The predicted octanol–water partition coefficient (Wildman–Crippen LogP) is 1.93. The molecule has 2 heteroatoms. The van der Waals surface area contributed by atoms with Crippen molar-refractivity contribution in [3.63, 3.8) is 0 Å². The zero-order chi connectivity index (χ0) is 9.80. The third-order valence-corrected chi connectivity index (χ3v) is 2.86. The van der Waals surface area contributed by atoms with E-state index in [1.807, 2.05) is 12.1 Å². The molecule has 2 nitrogen and oxygen atoms in total. The predicted molar refractivity (Wildman–Crippen MR) is 57.4 cm³/mol. The molecule has 1 unspecified atom stereocenters. The molecule has 1 aliphatic heterocycles. The maximum atomic E-state index is 9.15. The zero-order valence-electron chi connectivity index (χ0n) is 8.37. The molecule has 0 aromatic heterocycles. The molecule has 1 aromatic carbocycles. The number of phenolic OH excluding ortho intramolecular Hbond substituents is 1. The lowest BCUT2D eigenvalue weighted by Gasteiger charge is -2.22. The molecule has 1 fully saturated rings. The largest absolute Gasteiger partial charge is 0.508 e. The molecular weight excluding hydrogens is 174 g/mol. The lowest BCUT2D eigenvalue weighted by Crippen LogP contribution is -2.30. The molecule has 1 heterocycles. The van der Waals surface area contributed by atoms with E-state index < -0.39 is 0 Å². The maximum absolute atomic E-state index is 9.15. The Labute approximate surface area is 85.0 Å². The van der Waals surface area contributed by atoms with Gasteiger partial charge in [-0.05, 0) is 56.0 Å². The molecular formula is C12H17NO. The van der Waals surface area contributed by atoms with Crippen LogP contribution in [0.1, 0.15) is 18.4 Å². The van der Waals surface area contributed by atoms with E-state index >= 15 is 0 Å². The highest BCUT2D eigenvalue weighted by Crippen LogP contribution is 2.18. The quantitative estimate of drug-likeness (QED) is 0.748. The van der Waals surface area contributed by atoms with Crippen LogP contribution in [0.4, 0.5) is 0 Å². The van der Waals surface area contributed by atoms with Crippen LogP contribution < -0.4 is 5.32 Å². The standard InChI is InChI=1S/C12H17NO/c14-12-5-3-10(4-6-12)8-11-2-1-7-13-9-11/h3-6,11,13-14H,1-2,7-9H2. The summed E-state index contributed by atoms with van der Waals surface area (Å²) in [6.45, 7) is 2.31. The van der Waals surface area contributed by atoms with Crippen LogP contribution in [0.3, 0.4) is 0 Å². The number of rotatable bonds is 2. The van der Waals surface area contributed by atoms with Crippen LogP contribution in [0.15, 0.2) is 24.3 Å². The molecule has 0 bridgehead atoms. The normalized spacial score (nSPS) is 22.1. The van der Waals surface area contributed by atoms with Crippen molar-refractivity contribution < 1.29 is 5.11 Å². The van der Waals surface area contributed by atoms with Crippen molar-refractivity contribution in [1.82, 2.24) is 5.32 Å². The van der Waals surface area contributed by atoms with E-state index in [-0.39, 0.29) is 0 Å². The third kappa shape index (κ3) is 2.48. The first kappa shape index (κ1) is 9.53. The van der Waals surface area contributed by atoms with Gasteiger partial charge in [-0.2, -0.15) is 0 Å². The fraction of sp³-hybridized carbons (Fsp3) is 0.500. The van der Waals surface area contributed by atoms with E-state index in [2.05, 4.69) is 5.32 Å². The molecule has 2 rings (SSSR count). The van der Waals surface area contributed by atoms with E-state index in [1.165, 1.54) is 24.9 Å². The van der Waals surface area contributed by atoms with Crippen molar-refractivity contribution in [2.24, 2.45) is 5.92 Å². The van der Waals surface area contributed by atoms with Gasteiger partial charge in [-0.15, -0.1) is 0 Å². The second kappa shape index (κ2) is 4.47. The van der Waals surface area contributed by atoms with Crippen molar-refractivity contribution in [3.8, 4) is 5.75 Å². The minimum atomic E-state index is 0.357. The summed E-state index contributed by atoms with van der Waals surface area (Å²) in [6, 6.07) is 7.57. The number of hydrogen-bond acceptors (Lipinski definition) is 2. The molecule has 0 saturated carbocycles. The van der Waals surface area contributed by atoms with Crippen LogP contribution in [0, 0.1) is 5.92 Å². The summed E-state index contributed by atoms with van der Waals surface area (Å²) in [6.07, 6.45) is 3.75. The van der Waals surface area contributed by atoms with Gasteiger partial charge in [0, 0.05) is 0 Å². The summed E-state index contributed by atoms with van der Waals surface area (Å²) in [5.74, 6) is 1.13. The van der Waals surface area contributed by atoms with Gasteiger partial charge in [-0.1, -0.05) is 12.1 Å². The Balaban J connectivity index is 1.92. The van der Waals surface area contributed by atoms with Gasteiger partial charge in [0.1, 0.15) is 5.75 Å². The maximum Gasteiger partial charge on any atom is 0.115 e. The zero-order valence-corrected chi connectivity index (χ0v) is 8.37. The van der Waals surface area contributed by atoms with E-state index in [1.54, 1.807) is 12.1 Å². The molecule has 0 radical (unpaired) electrons. The molecule has 1 aliphatic rings. The first-order valence-electron chi connectivity index (χ1n) is 5.33. The van der Waals surface area contributed by atoms with Crippen LogP contribution in [-0.4, -0.2) is 18.2 Å². The number of hydrogen-bond donors (Lipinski definition) is 2. The van der Waals surface area contributed by atoms with Gasteiger partial charge < -0.3 is 10.4 Å². The summed E-state index contributed by atoms with van der Waals surface area (Å²) in [5.41, 5.74) is 1.33. The second-order valence-corrected chi connectivity index (χ2v) is 4.08. The van der Waals surface area contributed by atoms with Crippen LogP contribution in [0.5, 0.6) is 5.75 Å². The van der Waals surface area contributed by atoms with Gasteiger partial charge in [-0.25, -0.2) is 0 Å². The number of benzene rings is 1. The number of phenols is 1. The highest BCUT2D eigenvalue weighted by atomic mass is 16.3. The third-order valence-electron chi connectivity index (χ3n) is 2.86. The van der Waals surface area contributed by atoms with Crippen LogP contribution in [0.2, 0.25) is 0 Å². The van der Waals surface area contributed by atoms with Crippen molar-refractivity contribution in [1.29, 1.82) is 0 Å². The van der Waals surface area contributed by atoms with Crippen molar-refractivity contribution in [3.05, 3.63) is 29.8 Å². The summed E-state index contributed by atoms with van der Waals surface area (Å²) in [4.78, 5) is 0. The average molecular weight is 191 g/mol. The summed E-state index contributed by atoms with van der Waals surface area (Å²) >= 11 is 0. The molecule has 1 saturated heterocycles. The molecule has 2 N–H and O–H groups in total. The topological polar surface area (TPSA) is 32.3 Å². The number of piperidine rings is 1. The Morgan fingerprint density at radius 3 is 2.71 bits per heavy atom. The van der Waals surface area contributed by atoms with Crippen molar-refractivity contribution in [2.75, 3.05) is 13.1 Å². The monoisotopic (exact) mass is 191 g/mol. The van der Waals surface area contributed by atoms with Crippen molar-refractivity contribution in [2.45, 2.75) is 19.3 Å². The fourth-order valence-corrected chi connectivity index (χ4v) is 2.06. The highest BCUT2D eigenvalue weighted by molar-refractivity contribution is 5.26. The number of aromatic hydroxyl groups is 1. The van der Waals surface area contributed by atoms with Gasteiger partial charge in [0.05, 0.1) is 0 Å². The van der Waals surface area contributed by atoms with E-state index in [9.17, 15) is 0 Å². The average Bonchev–Trinajstić information content (AvgIpc) is 2.23. The van der Waals surface area contributed by atoms with Crippen molar-refractivity contribution >= 4 is 0 Å². The minimum absolute atomic E-state index is 0.357. The second-order valence-electron chi connectivity index (χ2n) is 4.08. The Morgan fingerprint density at radius 2 is 2.07 bits per heavy atom. The van der Waals surface area contributed by atoms with Gasteiger partial charge in [0.15, 0.2) is 0 Å². The Hall–Kier alpha value is -1.02. The van der Waals surface area contributed by atoms with Gasteiger partial charge in [0.25, 0.3) is 0 Å². The molecule has 1 atom stereocenters. The summed E-state index contributed by atoms with van der Waals surface area (Å²) < 4.78 is 0. The number of nitrogens with one attached hydrogen (secondary N) is 1. The summed E-state index contributed by atoms with van der Waals surface area (Å²) in [7, 11) is 0.